The van der Waals surface area contributed by atoms with Crippen molar-refractivity contribution in [2.45, 2.75) is 19.3 Å². The highest BCUT2D eigenvalue weighted by Crippen LogP contribution is 2.39. The minimum atomic E-state index is 0.917. The minimum absolute atomic E-state index is 0.917. The lowest BCUT2D eigenvalue weighted by molar-refractivity contribution is 0.593. The van der Waals surface area contributed by atoms with Gasteiger partial charge in [0, 0.05) is 0 Å². The molecule has 1 unspecified atom stereocenters. The van der Waals surface area contributed by atoms with Gasteiger partial charge >= 0.3 is 0 Å². The van der Waals surface area contributed by atoms with Gasteiger partial charge in [0.05, 0.1) is 0 Å². The molecule has 0 amide bonds. The molecule has 1 heterocycles. The Morgan fingerprint density at radius 1 is 1.40 bits per heavy atom. The van der Waals surface area contributed by atoms with Crippen molar-refractivity contribution < 1.29 is 0 Å². The molecule has 0 nitrogen and oxygen atoms in total. The van der Waals surface area contributed by atoms with Crippen LogP contribution in [-0.4, -0.2) is 5.75 Å². The third-order valence-corrected chi connectivity index (χ3v) is 3.46. The van der Waals surface area contributed by atoms with Crippen molar-refractivity contribution in [3.8, 4) is 0 Å². The molecule has 0 saturated carbocycles. The van der Waals surface area contributed by atoms with Gasteiger partial charge in [-0.3, -0.25) is 0 Å². The summed E-state index contributed by atoms with van der Waals surface area (Å²) in [6, 6.07) is 0. The Morgan fingerprint density at radius 3 is 3.40 bits per heavy atom. The van der Waals surface area contributed by atoms with E-state index >= 15 is 0 Å². The Hall–Kier alpha value is -0.170. The molecule has 54 valence electrons. The Morgan fingerprint density at radius 2 is 2.40 bits per heavy atom. The lowest BCUT2D eigenvalue weighted by Crippen LogP contribution is -1.93. The number of rotatable bonds is 0. The van der Waals surface area contributed by atoms with Gasteiger partial charge in [-0.2, -0.15) is 0 Å². The molecule has 0 N–H and O–H groups in total. The van der Waals surface area contributed by atoms with E-state index in [1.807, 2.05) is 11.8 Å². The maximum Gasteiger partial charge on any atom is -0.00171 e. The van der Waals surface area contributed by atoms with Crippen LogP contribution in [0.1, 0.15) is 19.3 Å². The second-order valence-corrected chi connectivity index (χ2v) is 4.08. The van der Waals surface area contributed by atoms with E-state index in [4.69, 9.17) is 0 Å². The summed E-state index contributed by atoms with van der Waals surface area (Å²) >= 11 is 2.05. The Kier molecular flexibility index (Phi) is 1.85. The van der Waals surface area contributed by atoms with E-state index in [-0.39, 0.29) is 0 Å². The predicted molar refractivity (Wildman–Crippen MR) is 47.0 cm³/mol. The molecule has 2 aliphatic rings. The molecule has 1 fully saturated rings. The number of hydrogen-bond donors (Lipinski definition) is 0. The molecule has 2 rings (SSSR count). The molecule has 0 spiro atoms. The van der Waals surface area contributed by atoms with Gasteiger partial charge in [-0.1, -0.05) is 18.2 Å². The molecule has 0 radical (unpaired) electrons. The van der Waals surface area contributed by atoms with Gasteiger partial charge < -0.3 is 0 Å². The summed E-state index contributed by atoms with van der Waals surface area (Å²) in [5.41, 5.74) is 0. The maximum atomic E-state index is 2.30. The van der Waals surface area contributed by atoms with Crippen LogP contribution in [0.5, 0.6) is 0 Å². The van der Waals surface area contributed by atoms with E-state index in [9.17, 15) is 0 Å². The average molecular weight is 152 g/mol. The predicted octanol–water partition coefficient (Wildman–Crippen LogP) is 2.97. The van der Waals surface area contributed by atoms with Gasteiger partial charge in [0.15, 0.2) is 0 Å². The molecule has 1 atom stereocenters. The monoisotopic (exact) mass is 152 g/mol. The first-order chi connectivity index (χ1) is 4.97. The van der Waals surface area contributed by atoms with Gasteiger partial charge in [-0.25, -0.2) is 0 Å². The van der Waals surface area contributed by atoms with Crippen molar-refractivity contribution in [2.24, 2.45) is 5.92 Å². The lowest BCUT2D eigenvalue weighted by atomic mass is 10.0. The fraction of sp³-hybridized carbons (Fsp3) is 0.556. The van der Waals surface area contributed by atoms with Crippen molar-refractivity contribution in [3.05, 3.63) is 23.1 Å². The number of allylic oxidation sites excluding steroid dienone is 4. The fourth-order valence-corrected chi connectivity index (χ4v) is 2.89. The first kappa shape index (κ1) is 6.53. The quantitative estimate of drug-likeness (QED) is 0.514. The van der Waals surface area contributed by atoms with Gasteiger partial charge in [0.1, 0.15) is 0 Å². The highest BCUT2D eigenvalue weighted by atomic mass is 32.2. The smallest absolute Gasteiger partial charge is 0.00171 e. The van der Waals surface area contributed by atoms with Gasteiger partial charge in [-0.15, -0.1) is 11.8 Å². The van der Waals surface area contributed by atoms with E-state index in [0.29, 0.717) is 0 Å². The van der Waals surface area contributed by atoms with E-state index in [0.717, 1.165) is 5.92 Å². The Balaban J connectivity index is 2.18. The summed E-state index contributed by atoms with van der Waals surface area (Å²) in [4.78, 5) is 1.63. The highest BCUT2D eigenvalue weighted by Gasteiger charge is 2.20. The standard InChI is InChI=1S/C9H12S/c1-2-4-8-6-7-10-9(8)5-3-1/h1,3,5,8H,2,4,6-7H2. The summed E-state index contributed by atoms with van der Waals surface area (Å²) in [7, 11) is 0. The zero-order valence-electron chi connectivity index (χ0n) is 6.05. The average Bonchev–Trinajstić information content (AvgIpc) is 2.28. The summed E-state index contributed by atoms with van der Waals surface area (Å²) in [6.07, 6.45) is 10.9. The molecule has 0 aromatic heterocycles. The number of hydrogen-bond acceptors (Lipinski definition) is 1. The molecular weight excluding hydrogens is 140 g/mol. The maximum absolute atomic E-state index is 2.30. The fourth-order valence-electron chi connectivity index (χ4n) is 1.61. The van der Waals surface area contributed by atoms with Crippen LogP contribution in [0, 0.1) is 5.92 Å². The SMILES string of the molecule is C1=CCCC2CCSC2=C1. The molecule has 0 aromatic rings. The van der Waals surface area contributed by atoms with Crippen LogP contribution in [0.25, 0.3) is 0 Å². The Bertz CT molecular complexity index is 179. The van der Waals surface area contributed by atoms with Crippen molar-refractivity contribution >= 4 is 11.8 Å². The van der Waals surface area contributed by atoms with Crippen LogP contribution in [-0.2, 0) is 0 Å². The van der Waals surface area contributed by atoms with Gasteiger partial charge in [0.25, 0.3) is 0 Å². The van der Waals surface area contributed by atoms with Crippen LogP contribution in [0.2, 0.25) is 0 Å². The van der Waals surface area contributed by atoms with Crippen LogP contribution in [0.4, 0.5) is 0 Å². The van der Waals surface area contributed by atoms with Gasteiger partial charge in [0.2, 0.25) is 0 Å². The van der Waals surface area contributed by atoms with Gasteiger partial charge in [-0.05, 0) is 35.8 Å². The largest absolute Gasteiger partial charge is 0.130 e. The zero-order valence-corrected chi connectivity index (χ0v) is 6.86. The van der Waals surface area contributed by atoms with E-state index < -0.39 is 0 Å². The molecule has 1 heteroatoms. The van der Waals surface area contributed by atoms with Crippen LogP contribution < -0.4 is 0 Å². The van der Waals surface area contributed by atoms with Crippen LogP contribution in [0.3, 0.4) is 0 Å². The zero-order chi connectivity index (χ0) is 6.81. The van der Waals surface area contributed by atoms with Crippen molar-refractivity contribution in [1.29, 1.82) is 0 Å². The van der Waals surface area contributed by atoms with E-state index in [2.05, 4.69) is 18.2 Å². The molecule has 1 saturated heterocycles. The molecule has 10 heavy (non-hydrogen) atoms. The summed E-state index contributed by atoms with van der Waals surface area (Å²) in [6.45, 7) is 0. The molecular formula is C9H12S. The molecule has 1 aliphatic heterocycles. The third kappa shape index (κ3) is 1.15. The number of thioether (sulfide) groups is 1. The van der Waals surface area contributed by atoms with E-state index in [1.54, 1.807) is 4.91 Å². The highest BCUT2D eigenvalue weighted by molar-refractivity contribution is 8.03. The van der Waals surface area contributed by atoms with Crippen LogP contribution >= 0.6 is 11.8 Å². The van der Waals surface area contributed by atoms with Crippen molar-refractivity contribution in [1.82, 2.24) is 0 Å². The third-order valence-electron chi connectivity index (χ3n) is 2.22. The minimum Gasteiger partial charge on any atom is -0.130 e. The second kappa shape index (κ2) is 2.83. The Labute approximate surface area is 66.4 Å². The molecule has 1 aliphatic carbocycles. The van der Waals surface area contributed by atoms with Crippen molar-refractivity contribution in [2.75, 3.05) is 5.75 Å². The topological polar surface area (TPSA) is 0 Å². The summed E-state index contributed by atoms with van der Waals surface area (Å²) < 4.78 is 0. The molecule has 0 bridgehead atoms. The number of fused-ring (bicyclic) bond motifs is 1. The molecule has 0 aromatic carbocycles. The lowest BCUT2D eigenvalue weighted by Gasteiger charge is -2.05. The second-order valence-electron chi connectivity index (χ2n) is 2.91. The normalized spacial score (nSPS) is 31.2. The van der Waals surface area contributed by atoms with E-state index in [1.165, 1.54) is 25.0 Å². The van der Waals surface area contributed by atoms with Crippen LogP contribution in [0.15, 0.2) is 23.1 Å². The van der Waals surface area contributed by atoms with Crippen molar-refractivity contribution in [3.63, 3.8) is 0 Å². The summed E-state index contributed by atoms with van der Waals surface area (Å²) in [5, 5.41) is 0. The first-order valence-electron chi connectivity index (χ1n) is 3.96. The first-order valence-corrected chi connectivity index (χ1v) is 4.95. The summed E-state index contributed by atoms with van der Waals surface area (Å²) in [5.74, 6) is 2.27.